The maximum atomic E-state index is 14.0. The third kappa shape index (κ3) is 5.03. The molecular weight excluding hydrogens is 518 g/mol. The van der Waals surface area contributed by atoms with E-state index in [1.165, 1.54) is 30.2 Å². The predicted octanol–water partition coefficient (Wildman–Crippen LogP) is 6.17. The van der Waals surface area contributed by atoms with Gasteiger partial charge in [0, 0.05) is 16.5 Å². The molecule has 0 unspecified atom stereocenters. The highest BCUT2D eigenvalue weighted by molar-refractivity contribution is 7.99. The first-order valence-corrected chi connectivity index (χ1v) is 13.6. The van der Waals surface area contributed by atoms with Crippen molar-refractivity contribution in [1.82, 2.24) is 9.55 Å². The minimum Gasteiger partial charge on any atom is -0.497 e. The molecule has 0 radical (unpaired) electrons. The molecule has 0 bridgehead atoms. The van der Waals surface area contributed by atoms with E-state index in [4.69, 9.17) is 14.5 Å². The smallest absolute Gasteiger partial charge is 0.268 e. The summed E-state index contributed by atoms with van der Waals surface area (Å²) in [5.41, 5.74) is 2.89. The summed E-state index contributed by atoms with van der Waals surface area (Å²) in [6.45, 7) is 2.00. The van der Waals surface area contributed by atoms with Gasteiger partial charge >= 0.3 is 0 Å². The fourth-order valence-corrected chi connectivity index (χ4v) is 6.12. The number of nitrogens with zero attached hydrogens (tertiary/aromatic N) is 2. The van der Waals surface area contributed by atoms with E-state index < -0.39 is 0 Å². The van der Waals surface area contributed by atoms with Gasteiger partial charge in [-0.25, -0.2) is 4.98 Å². The third-order valence-electron chi connectivity index (χ3n) is 5.96. The lowest BCUT2D eigenvalue weighted by Crippen LogP contribution is -2.22. The number of carbonyl (C=O) groups is 1. The number of hydrogen-bond donors (Lipinski definition) is 1. The number of thioether (sulfide) groups is 1. The van der Waals surface area contributed by atoms with Gasteiger partial charge in [-0.15, -0.1) is 11.3 Å². The third-order valence-corrected chi connectivity index (χ3v) is 7.90. The molecule has 0 spiro atoms. The number of rotatable bonds is 8. The zero-order valence-corrected chi connectivity index (χ0v) is 22.7. The molecule has 0 aliphatic heterocycles. The van der Waals surface area contributed by atoms with Crippen molar-refractivity contribution in [3.63, 3.8) is 0 Å². The van der Waals surface area contributed by atoms with Gasteiger partial charge in [0.05, 0.1) is 36.7 Å². The molecular formula is C29H25N3O4S2. The number of methoxy groups -OCH3 is 2. The average molecular weight is 544 g/mol. The zero-order chi connectivity index (χ0) is 26.6. The summed E-state index contributed by atoms with van der Waals surface area (Å²) in [4.78, 5) is 33.5. The van der Waals surface area contributed by atoms with Crippen molar-refractivity contribution < 1.29 is 14.3 Å². The highest BCUT2D eigenvalue weighted by Gasteiger charge is 2.21. The lowest BCUT2D eigenvalue weighted by Gasteiger charge is -2.14. The van der Waals surface area contributed by atoms with Gasteiger partial charge in [-0.1, -0.05) is 60.3 Å². The summed E-state index contributed by atoms with van der Waals surface area (Å²) in [7, 11) is 3.10. The summed E-state index contributed by atoms with van der Waals surface area (Å²) < 4.78 is 12.2. The monoisotopic (exact) mass is 543 g/mol. The Morgan fingerprint density at radius 3 is 2.39 bits per heavy atom. The van der Waals surface area contributed by atoms with Crippen LogP contribution in [0.4, 0.5) is 5.69 Å². The molecule has 3 aromatic carbocycles. The van der Waals surface area contributed by atoms with E-state index in [1.54, 1.807) is 29.9 Å². The number of fused-ring (bicyclic) bond motifs is 1. The number of aromatic nitrogens is 2. The van der Waals surface area contributed by atoms with Crippen molar-refractivity contribution in [3.8, 4) is 28.3 Å². The lowest BCUT2D eigenvalue weighted by atomic mass is 10.0. The molecule has 0 saturated carbocycles. The Balaban J connectivity index is 1.53. The van der Waals surface area contributed by atoms with Gasteiger partial charge < -0.3 is 14.8 Å². The number of benzene rings is 3. The van der Waals surface area contributed by atoms with Gasteiger partial charge in [0.15, 0.2) is 5.16 Å². The second-order valence-electron chi connectivity index (χ2n) is 8.35. The van der Waals surface area contributed by atoms with Gasteiger partial charge in [0.25, 0.3) is 5.56 Å². The van der Waals surface area contributed by atoms with E-state index in [9.17, 15) is 9.59 Å². The quantitative estimate of drug-likeness (QED) is 0.186. The average Bonchev–Trinajstić information content (AvgIpc) is 3.28. The number of anilines is 1. The highest BCUT2D eigenvalue weighted by Crippen LogP contribution is 2.37. The molecule has 2 heterocycles. The number of amides is 1. The van der Waals surface area contributed by atoms with Gasteiger partial charge in [0.2, 0.25) is 5.91 Å². The van der Waals surface area contributed by atoms with Crippen LogP contribution in [-0.4, -0.2) is 35.4 Å². The summed E-state index contributed by atoms with van der Waals surface area (Å²) >= 11 is 2.69. The van der Waals surface area contributed by atoms with Crippen LogP contribution in [0.25, 0.3) is 27.0 Å². The minimum atomic E-state index is -0.261. The molecule has 192 valence electrons. The summed E-state index contributed by atoms with van der Waals surface area (Å²) in [5.74, 6) is 0.900. The number of carbonyl (C=O) groups excluding carboxylic acids is 1. The van der Waals surface area contributed by atoms with Crippen LogP contribution in [0.15, 0.2) is 88.8 Å². The van der Waals surface area contributed by atoms with Crippen LogP contribution in [0.2, 0.25) is 0 Å². The first-order valence-electron chi connectivity index (χ1n) is 11.8. The predicted molar refractivity (Wildman–Crippen MR) is 154 cm³/mol. The second-order valence-corrected chi connectivity index (χ2v) is 10.5. The number of thiophene rings is 1. The zero-order valence-electron chi connectivity index (χ0n) is 21.1. The molecule has 2 aromatic heterocycles. The Morgan fingerprint density at radius 2 is 1.71 bits per heavy atom. The van der Waals surface area contributed by atoms with Crippen LogP contribution in [-0.2, 0) is 4.79 Å². The Hall–Kier alpha value is -4.08. The standard InChI is InChI=1S/C29H25N3O4S2/c1-18-25(19-10-6-4-7-11-19)26-27(38-18)31-29(32(28(26)34)20-12-8-5-9-13-20)37-17-24(33)30-22-16-21(35-2)14-15-23(22)36-3/h4-16H,17H2,1-3H3,(H,30,33). The van der Waals surface area contributed by atoms with E-state index in [-0.39, 0.29) is 17.2 Å². The molecule has 0 saturated heterocycles. The Morgan fingerprint density at radius 1 is 1.00 bits per heavy atom. The Labute approximate surface area is 228 Å². The van der Waals surface area contributed by atoms with Crippen molar-refractivity contribution in [1.29, 1.82) is 0 Å². The molecule has 1 N–H and O–H groups in total. The van der Waals surface area contributed by atoms with Gasteiger partial charge in [-0.05, 0) is 36.8 Å². The molecule has 7 nitrogen and oxygen atoms in total. The second kappa shape index (κ2) is 11.1. The summed E-state index contributed by atoms with van der Waals surface area (Å²) in [6, 6.07) is 24.4. The molecule has 38 heavy (non-hydrogen) atoms. The molecule has 0 fully saturated rings. The minimum absolute atomic E-state index is 0.0427. The highest BCUT2D eigenvalue weighted by atomic mass is 32.2. The summed E-state index contributed by atoms with van der Waals surface area (Å²) in [5, 5.41) is 3.90. The lowest BCUT2D eigenvalue weighted by molar-refractivity contribution is -0.113. The molecule has 0 aliphatic rings. The molecule has 0 aliphatic carbocycles. The van der Waals surface area contributed by atoms with Crippen molar-refractivity contribution in [3.05, 3.63) is 94.1 Å². The van der Waals surface area contributed by atoms with Gasteiger partial charge in [-0.3, -0.25) is 14.2 Å². The van der Waals surface area contributed by atoms with Crippen LogP contribution in [0.1, 0.15) is 4.88 Å². The Kier molecular flexibility index (Phi) is 7.48. The van der Waals surface area contributed by atoms with Gasteiger partial charge in [0.1, 0.15) is 16.3 Å². The van der Waals surface area contributed by atoms with Crippen LogP contribution in [0.5, 0.6) is 11.5 Å². The fraction of sp³-hybridized carbons (Fsp3) is 0.138. The molecule has 1 amide bonds. The SMILES string of the molecule is COc1ccc(OC)c(NC(=O)CSc2nc3sc(C)c(-c4ccccc4)c3c(=O)n2-c2ccccc2)c1. The maximum Gasteiger partial charge on any atom is 0.268 e. The number of ether oxygens (including phenoxy) is 2. The first kappa shape index (κ1) is 25.6. The fourth-order valence-electron chi connectivity index (χ4n) is 4.22. The van der Waals surface area contributed by atoms with Crippen LogP contribution < -0.4 is 20.3 Å². The maximum absolute atomic E-state index is 14.0. The first-order chi connectivity index (χ1) is 18.5. The largest absolute Gasteiger partial charge is 0.497 e. The van der Waals surface area contributed by atoms with E-state index in [2.05, 4.69) is 5.32 Å². The molecule has 9 heteroatoms. The van der Waals surface area contributed by atoms with Crippen LogP contribution in [0.3, 0.4) is 0 Å². The molecule has 0 atom stereocenters. The van der Waals surface area contributed by atoms with Crippen molar-refractivity contribution in [2.45, 2.75) is 12.1 Å². The van der Waals surface area contributed by atoms with Gasteiger partial charge in [-0.2, -0.15) is 0 Å². The van der Waals surface area contributed by atoms with Crippen LogP contribution in [0, 0.1) is 6.92 Å². The Bertz CT molecular complexity index is 1660. The number of hydrogen-bond acceptors (Lipinski definition) is 7. The number of nitrogens with one attached hydrogen (secondary N) is 1. The van der Waals surface area contributed by atoms with E-state index in [0.29, 0.717) is 38.2 Å². The topological polar surface area (TPSA) is 82.5 Å². The van der Waals surface area contributed by atoms with E-state index >= 15 is 0 Å². The number of aryl methyl sites for hydroxylation is 1. The van der Waals surface area contributed by atoms with Crippen molar-refractivity contribution in [2.75, 3.05) is 25.3 Å². The van der Waals surface area contributed by atoms with Crippen LogP contribution >= 0.6 is 23.1 Å². The normalized spacial score (nSPS) is 10.9. The summed E-state index contributed by atoms with van der Waals surface area (Å²) in [6.07, 6.45) is 0. The molecule has 5 aromatic rings. The number of para-hydroxylation sites is 1. The van der Waals surface area contributed by atoms with E-state index in [0.717, 1.165) is 16.0 Å². The van der Waals surface area contributed by atoms with Crippen molar-refractivity contribution >= 4 is 44.9 Å². The molecule has 5 rings (SSSR count). The van der Waals surface area contributed by atoms with Crippen molar-refractivity contribution in [2.24, 2.45) is 0 Å². The van der Waals surface area contributed by atoms with E-state index in [1.807, 2.05) is 67.6 Å².